The van der Waals surface area contributed by atoms with Gasteiger partial charge in [-0.25, -0.2) is 0 Å². The first kappa shape index (κ1) is 18.4. The molecular formula is C20H36BCl. The largest absolute Gasteiger partial charge is 0.196 e. The van der Waals surface area contributed by atoms with E-state index in [1.165, 1.54) is 101 Å². The van der Waals surface area contributed by atoms with Gasteiger partial charge in [-0.15, -0.1) is 11.6 Å². The first-order valence-electron chi connectivity index (χ1n) is 10.2. The van der Waals surface area contributed by atoms with Gasteiger partial charge in [0.05, 0.1) is 0 Å². The summed E-state index contributed by atoms with van der Waals surface area (Å²) < 4.78 is 0. The van der Waals surface area contributed by atoms with E-state index in [1.807, 2.05) is 0 Å². The van der Waals surface area contributed by atoms with Crippen LogP contribution in [0.5, 0.6) is 0 Å². The van der Waals surface area contributed by atoms with Gasteiger partial charge in [0.25, 0.3) is 0 Å². The van der Waals surface area contributed by atoms with Gasteiger partial charge in [0.15, 0.2) is 6.71 Å². The summed E-state index contributed by atoms with van der Waals surface area (Å²) in [5.74, 6) is 1.77. The standard InChI is InChI=1S/C20H36BCl/c1-2-3-4-5-12-17-20(22)21(18-13-8-6-9-14-18)19-15-10-7-11-16-19/h17-19H,2-16H2,1H3/b20-17-. The molecular weight excluding hydrogens is 286 g/mol. The zero-order valence-electron chi connectivity index (χ0n) is 14.8. The molecule has 0 spiro atoms. The quantitative estimate of drug-likeness (QED) is 0.316. The van der Waals surface area contributed by atoms with Crippen LogP contribution in [0.15, 0.2) is 11.0 Å². The second-order valence-electron chi connectivity index (χ2n) is 7.76. The van der Waals surface area contributed by atoms with Gasteiger partial charge in [0.1, 0.15) is 0 Å². The lowest BCUT2D eigenvalue weighted by Crippen LogP contribution is -2.31. The molecule has 126 valence electrons. The van der Waals surface area contributed by atoms with E-state index < -0.39 is 0 Å². The summed E-state index contributed by atoms with van der Waals surface area (Å²) in [4.78, 5) is 1.25. The summed E-state index contributed by atoms with van der Waals surface area (Å²) in [6.45, 7) is 2.98. The molecule has 0 amide bonds. The third-order valence-electron chi connectivity index (χ3n) is 6.03. The lowest BCUT2D eigenvalue weighted by Gasteiger charge is -2.35. The van der Waals surface area contributed by atoms with Crippen molar-refractivity contribution in [3.63, 3.8) is 0 Å². The van der Waals surface area contributed by atoms with Gasteiger partial charge >= 0.3 is 0 Å². The average molecular weight is 323 g/mol. The van der Waals surface area contributed by atoms with Gasteiger partial charge in [-0.3, -0.25) is 0 Å². The van der Waals surface area contributed by atoms with Gasteiger partial charge in [-0.1, -0.05) is 108 Å². The van der Waals surface area contributed by atoms with Crippen molar-refractivity contribution in [2.45, 2.75) is 115 Å². The molecule has 0 heterocycles. The van der Waals surface area contributed by atoms with Crippen LogP contribution in [0.2, 0.25) is 11.6 Å². The van der Waals surface area contributed by atoms with Crippen molar-refractivity contribution in [2.24, 2.45) is 0 Å². The molecule has 0 bridgehead atoms. The van der Waals surface area contributed by atoms with Crippen LogP contribution in [-0.4, -0.2) is 6.71 Å². The maximum absolute atomic E-state index is 6.89. The molecule has 2 rings (SSSR count). The van der Waals surface area contributed by atoms with Crippen molar-refractivity contribution < 1.29 is 0 Å². The lowest BCUT2D eigenvalue weighted by molar-refractivity contribution is 0.464. The highest BCUT2D eigenvalue weighted by molar-refractivity contribution is 6.80. The van der Waals surface area contributed by atoms with E-state index in [4.69, 9.17) is 11.6 Å². The Morgan fingerprint density at radius 1 is 0.864 bits per heavy atom. The Labute approximate surface area is 144 Å². The Morgan fingerprint density at radius 3 is 1.91 bits per heavy atom. The molecule has 2 fully saturated rings. The molecule has 2 aliphatic carbocycles. The third-order valence-corrected chi connectivity index (χ3v) is 6.44. The molecule has 2 aliphatic rings. The minimum Gasteiger partial charge on any atom is -0.100 e. The van der Waals surface area contributed by atoms with Crippen LogP contribution < -0.4 is 0 Å². The fourth-order valence-electron chi connectivity index (χ4n) is 4.77. The molecule has 2 saturated carbocycles. The summed E-state index contributed by atoms with van der Waals surface area (Å²) in [6, 6.07) is 0. The monoisotopic (exact) mass is 322 g/mol. The van der Waals surface area contributed by atoms with E-state index in [-0.39, 0.29) is 0 Å². The molecule has 0 aromatic carbocycles. The van der Waals surface area contributed by atoms with Crippen LogP contribution in [0.1, 0.15) is 103 Å². The van der Waals surface area contributed by atoms with Gasteiger partial charge in [-0.2, -0.15) is 0 Å². The Kier molecular flexibility index (Phi) is 9.04. The predicted molar refractivity (Wildman–Crippen MR) is 102 cm³/mol. The van der Waals surface area contributed by atoms with E-state index in [0.29, 0.717) is 6.71 Å². The van der Waals surface area contributed by atoms with Crippen molar-refractivity contribution in [3.8, 4) is 0 Å². The number of hydrogen-bond acceptors (Lipinski definition) is 0. The molecule has 22 heavy (non-hydrogen) atoms. The molecule has 0 aliphatic heterocycles. The van der Waals surface area contributed by atoms with Crippen molar-refractivity contribution >= 4 is 18.3 Å². The van der Waals surface area contributed by atoms with E-state index in [9.17, 15) is 0 Å². The van der Waals surface area contributed by atoms with Crippen LogP contribution in [0, 0.1) is 0 Å². The van der Waals surface area contributed by atoms with E-state index >= 15 is 0 Å². The Bertz CT molecular complexity index is 296. The number of allylic oxidation sites excluding steroid dienone is 1. The van der Waals surface area contributed by atoms with Crippen molar-refractivity contribution in [3.05, 3.63) is 11.0 Å². The highest BCUT2D eigenvalue weighted by Crippen LogP contribution is 2.44. The lowest BCUT2D eigenvalue weighted by atomic mass is 9.30. The minimum atomic E-state index is 0.702. The van der Waals surface area contributed by atoms with Crippen LogP contribution in [0.4, 0.5) is 0 Å². The van der Waals surface area contributed by atoms with Crippen molar-refractivity contribution in [1.82, 2.24) is 0 Å². The summed E-state index contributed by atoms with van der Waals surface area (Å²) >= 11 is 6.89. The van der Waals surface area contributed by atoms with Crippen LogP contribution in [0.3, 0.4) is 0 Å². The van der Waals surface area contributed by atoms with Gasteiger partial charge in [0, 0.05) is 0 Å². The molecule has 0 unspecified atom stereocenters. The zero-order valence-corrected chi connectivity index (χ0v) is 15.5. The van der Waals surface area contributed by atoms with Crippen molar-refractivity contribution in [1.29, 1.82) is 0 Å². The van der Waals surface area contributed by atoms with Crippen LogP contribution in [-0.2, 0) is 0 Å². The first-order chi connectivity index (χ1) is 10.8. The average Bonchev–Trinajstić information content (AvgIpc) is 2.57. The van der Waals surface area contributed by atoms with Crippen LogP contribution >= 0.6 is 11.6 Å². The molecule has 2 heteroatoms. The maximum Gasteiger partial charge on any atom is 0.196 e. The van der Waals surface area contributed by atoms with Crippen LogP contribution in [0.25, 0.3) is 0 Å². The van der Waals surface area contributed by atoms with E-state index in [0.717, 1.165) is 11.6 Å². The molecule has 0 radical (unpaired) electrons. The summed E-state index contributed by atoms with van der Waals surface area (Å²) in [7, 11) is 0. The molecule has 0 aromatic rings. The maximum atomic E-state index is 6.89. The Balaban J connectivity index is 1.93. The molecule has 0 aromatic heterocycles. The third kappa shape index (κ3) is 5.95. The molecule has 0 atom stereocenters. The zero-order chi connectivity index (χ0) is 15.6. The second-order valence-corrected chi connectivity index (χ2v) is 8.20. The van der Waals surface area contributed by atoms with E-state index in [1.54, 1.807) is 0 Å². The van der Waals surface area contributed by atoms with Crippen molar-refractivity contribution in [2.75, 3.05) is 0 Å². The highest BCUT2D eigenvalue weighted by atomic mass is 35.5. The van der Waals surface area contributed by atoms with Gasteiger partial charge in [-0.05, 0) is 17.8 Å². The summed E-state index contributed by atoms with van der Waals surface area (Å²) in [6.07, 6.45) is 23.4. The normalized spacial score (nSPS) is 22.0. The number of hydrogen-bond donors (Lipinski definition) is 0. The topological polar surface area (TPSA) is 0 Å². The Hall–Kier alpha value is 0.0949. The number of rotatable bonds is 8. The van der Waals surface area contributed by atoms with Gasteiger partial charge in [0.2, 0.25) is 0 Å². The molecule has 0 N–H and O–H groups in total. The molecule has 0 saturated heterocycles. The second kappa shape index (κ2) is 10.8. The number of unbranched alkanes of at least 4 members (excludes halogenated alkanes) is 4. The van der Waals surface area contributed by atoms with Gasteiger partial charge < -0.3 is 0 Å². The fourth-order valence-corrected chi connectivity index (χ4v) is 5.23. The smallest absolute Gasteiger partial charge is 0.100 e. The summed E-state index contributed by atoms with van der Waals surface area (Å²) in [5.41, 5.74) is 0. The molecule has 0 nitrogen and oxygen atoms in total. The Morgan fingerprint density at radius 2 is 1.41 bits per heavy atom. The fraction of sp³-hybridized carbons (Fsp3) is 0.900. The van der Waals surface area contributed by atoms with E-state index in [2.05, 4.69) is 13.0 Å². The minimum absolute atomic E-state index is 0.702. The summed E-state index contributed by atoms with van der Waals surface area (Å²) in [5, 5.41) is 0. The predicted octanol–water partition coefficient (Wildman–Crippen LogP) is 7.78. The highest BCUT2D eigenvalue weighted by Gasteiger charge is 2.36. The SMILES string of the molecule is CCCCCC/C=C(\Cl)B(C1CCCCC1)C1CCCCC1. The number of halogens is 1. The first-order valence-corrected chi connectivity index (χ1v) is 10.6.